The van der Waals surface area contributed by atoms with Crippen molar-refractivity contribution in [2.75, 3.05) is 6.61 Å². The van der Waals surface area contributed by atoms with Crippen molar-refractivity contribution in [3.05, 3.63) is 70.9 Å². The topological polar surface area (TPSA) is 78.6 Å². The van der Waals surface area contributed by atoms with Gasteiger partial charge in [0.05, 0.1) is 18.2 Å². The fourth-order valence-corrected chi connectivity index (χ4v) is 3.01. The Labute approximate surface area is 173 Å². The number of pyridine rings is 1. The summed E-state index contributed by atoms with van der Waals surface area (Å²) in [6.07, 6.45) is 4.21. The van der Waals surface area contributed by atoms with Gasteiger partial charge in [0.2, 0.25) is 5.88 Å². The van der Waals surface area contributed by atoms with Crippen molar-refractivity contribution in [2.24, 2.45) is 5.10 Å². The van der Waals surface area contributed by atoms with Gasteiger partial charge in [0.25, 0.3) is 5.91 Å². The zero-order valence-corrected chi connectivity index (χ0v) is 16.4. The van der Waals surface area contributed by atoms with Gasteiger partial charge in [-0.1, -0.05) is 6.58 Å². The van der Waals surface area contributed by atoms with E-state index < -0.39 is 23.6 Å². The highest BCUT2D eigenvalue weighted by Gasteiger charge is 2.30. The van der Waals surface area contributed by atoms with E-state index in [1.165, 1.54) is 30.3 Å². The molecular weight excluding hydrogens is 390 g/mol. The van der Waals surface area contributed by atoms with Gasteiger partial charge in [0.1, 0.15) is 17.7 Å². The molecule has 0 aliphatic carbocycles. The molecule has 0 spiro atoms. The summed E-state index contributed by atoms with van der Waals surface area (Å²) in [6, 6.07) is 7.08. The van der Waals surface area contributed by atoms with E-state index in [1.54, 1.807) is 18.3 Å². The second-order valence-corrected chi connectivity index (χ2v) is 6.86. The van der Waals surface area contributed by atoms with Crippen molar-refractivity contribution in [1.82, 2.24) is 9.99 Å². The first kappa shape index (κ1) is 21.1. The largest absolute Gasteiger partial charge is 0.478 e. The normalized spacial score (nSPS) is 15.1. The maximum Gasteiger partial charge on any atom is 0.269 e. The summed E-state index contributed by atoms with van der Waals surface area (Å²) in [5.74, 6) is -1.32. The smallest absolute Gasteiger partial charge is 0.269 e. The first-order valence-electron chi connectivity index (χ1n) is 9.39. The van der Waals surface area contributed by atoms with Gasteiger partial charge in [-0.05, 0) is 43.5 Å². The molecular formula is C22H20F2N4O2. The summed E-state index contributed by atoms with van der Waals surface area (Å²) in [6.45, 7) is 5.50. The van der Waals surface area contributed by atoms with Crippen molar-refractivity contribution in [3.8, 4) is 11.9 Å². The molecule has 1 aromatic heterocycles. The summed E-state index contributed by atoms with van der Waals surface area (Å²) >= 11 is 0. The Balaban J connectivity index is 1.55. The molecule has 0 fully saturated rings. The van der Waals surface area contributed by atoms with Crippen molar-refractivity contribution < 1.29 is 18.3 Å². The van der Waals surface area contributed by atoms with Crippen LogP contribution in [0.5, 0.6) is 5.88 Å². The minimum Gasteiger partial charge on any atom is -0.478 e. The van der Waals surface area contributed by atoms with E-state index >= 15 is 0 Å². The van der Waals surface area contributed by atoms with Crippen LogP contribution < -0.4 is 4.74 Å². The standard InChI is InChI=1S/C22H20F2N4O2/c1-14(4-3-9-30-21-6-5-16(12-25)13-26-21)22(29)28-20(7-8-27-28)17-10-18(23)15(2)19(24)11-17/h5-6,8,10-11,13,20H,1,3-4,7,9H2,2H3/t20-/m1/s1. The number of carbonyl (C=O) groups excluding carboxylic acids is 1. The number of nitriles is 1. The van der Waals surface area contributed by atoms with Gasteiger partial charge < -0.3 is 4.74 Å². The van der Waals surface area contributed by atoms with Gasteiger partial charge in [0.15, 0.2) is 0 Å². The molecule has 1 aliphatic heterocycles. The maximum absolute atomic E-state index is 13.9. The number of hydrogen-bond acceptors (Lipinski definition) is 5. The predicted octanol–water partition coefficient (Wildman–Crippen LogP) is 4.21. The summed E-state index contributed by atoms with van der Waals surface area (Å²) in [5.41, 5.74) is 1.06. The van der Waals surface area contributed by atoms with Gasteiger partial charge in [-0.2, -0.15) is 10.4 Å². The minimum absolute atomic E-state index is 0.0586. The first-order chi connectivity index (χ1) is 14.4. The van der Waals surface area contributed by atoms with Crippen molar-refractivity contribution in [2.45, 2.75) is 32.2 Å². The number of hydrazone groups is 1. The van der Waals surface area contributed by atoms with Gasteiger partial charge in [-0.15, -0.1) is 0 Å². The number of halogens is 2. The number of rotatable bonds is 7. The predicted molar refractivity (Wildman–Crippen MR) is 107 cm³/mol. The second-order valence-electron chi connectivity index (χ2n) is 6.86. The van der Waals surface area contributed by atoms with Gasteiger partial charge >= 0.3 is 0 Å². The number of carbonyl (C=O) groups is 1. The molecule has 1 aliphatic rings. The Morgan fingerprint density at radius 3 is 2.73 bits per heavy atom. The quantitative estimate of drug-likeness (QED) is 0.506. The lowest BCUT2D eigenvalue weighted by molar-refractivity contribution is -0.129. The highest BCUT2D eigenvalue weighted by molar-refractivity contribution is 5.94. The minimum atomic E-state index is -0.656. The SMILES string of the molecule is C=C(CCCOc1ccc(C#N)cn1)C(=O)N1N=CC[C@@H]1c1cc(F)c(C)c(F)c1. The molecule has 0 bridgehead atoms. The third-order valence-corrected chi connectivity index (χ3v) is 4.77. The van der Waals surface area contributed by atoms with E-state index in [0.717, 1.165) is 0 Å². The third kappa shape index (κ3) is 4.69. The molecule has 2 heterocycles. The van der Waals surface area contributed by atoms with E-state index in [4.69, 9.17) is 10.00 Å². The second kappa shape index (κ2) is 9.27. The van der Waals surface area contributed by atoms with E-state index in [0.29, 0.717) is 48.4 Å². The van der Waals surface area contributed by atoms with Crippen molar-refractivity contribution in [1.29, 1.82) is 5.26 Å². The highest BCUT2D eigenvalue weighted by atomic mass is 19.1. The van der Waals surface area contributed by atoms with Crippen LogP contribution in [0.1, 0.15) is 42.0 Å². The molecule has 154 valence electrons. The molecule has 0 unspecified atom stereocenters. The van der Waals surface area contributed by atoms with Crippen LogP contribution in [0.4, 0.5) is 8.78 Å². The van der Waals surface area contributed by atoms with Crippen LogP contribution in [0.2, 0.25) is 0 Å². The number of nitrogens with zero attached hydrogens (tertiary/aromatic N) is 4. The average molecular weight is 410 g/mol. The van der Waals surface area contributed by atoms with Crippen molar-refractivity contribution in [3.63, 3.8) is 0 Å². The molecule has 0 saturated carbocycles. The maximum atomic E-state index is 13.9. The van der Waals surface area contributed by atoms with Gasteiger partial charge in [0, 0.05) is 36.0 Å². The molecule has 0 saturated heterocycles. The van der Waals surface area contributed by atoms with Crippen molar-refractivity contribution >= 4 is 12.1 Å². The molecule has 8 heteroatoms. The molecule has 0 radical (unpaired) electrons. The van der Waals surface area contributed by atoms with Crippen LogP contribution in [0, 0.1) is 29.9 Å². The zero-order chi connectivity index (χ0) is 21.7. The number of ether oxygens (including phenoxy) is 1. The van der Waals surface area contributed by atoms with E-state index in [2.05, 4.69) is 16.7 Å². The highest BCUT2D eigenvalue weighted by Crippen LogP contribution is 2.31. The number of aromatic nitrogens is 1. The Kier molecular flexibility index (Phi) is 6.52. The van der Waals surface area contributed by atoms with Crippen LogP contribution in [0.3, 0.4) is 0 Å². The zero-order valence-electron chi connectivity index (χ0n) is 16.4. The summed E-state index contributed by atoms with van der Waals surface area (Å²) in [5, 5.41) is 14.0. The lowest BCUT2D eigenvalue weighted by Gasteiger charge is -2.23. The average Bonchev–Trinajstić information content (AvgIpc) is 3.24. The summed E-state index contributed by atoms with van der Waals surface area (Å²) < 4.78 is 33.4. The fraction of sp³-hybridized carbons (Fsp3) is 0.273. The van der Waals surface area contributed by atoms with Crippen LogP contribution >= 0.6 is 0 Å². The lowest BCUT2D eigenvalue weighted by Crippen LogP contribution is -2.28. The Morgan fingerprint density at radius 2 is 2.10 bits per heavy atom. The molecule has 1 amide bonds. The molecule has 0 N–H and O–H groups in total. The number of amides is 1. The van der Waals surface area contributed by atoms with Crippen LogP contribution in [0.15, 0.2) is 47.7 Å². The molecule has 2 aromatic rings. The molecule has 30 heavy (non-hydrogen) atoms. The van der Waals surface area contributed by atoms with Crippen LogP contribution in [-0.4, -0.2) is 28.7 Å². The third-order valence-electron chi connectivity index (χ3n) is 4.77. The summed E-state index contributed by atoms with van der Waals surface area (Å²) in [4.78, 5) is 16.7. The van der Waals surface area contributed by atoms with Gasteiger partial charge in [-0.25, -0.2) is 18.8 Å². The number of benzene rings is 1. The molecule has 6 nitrogen and oxygen atoms in total. The molecule has 1 aromatic carbocycles. The van der Waals surface area contributed by atoms with E-state index in [9.17, 15) is 13.6 Å². The van der Waals surface area contributed by atoms with Crippen LogP contribution in [-0.2, 0) is 4.79 Å². The number of hydrogen-bond donors (Lipinski definition) is 0. The first-order valence-corrected chi connectivity index (χ1v) is 9.39. The monoisotopic (exact) mass is 410 g/mol. The Hall–Kier alpha value is -3.60. The Morgan fingerprint density at radius 1 is 1.37 bits per heavy atom. The molecule has 1 atom stereocenters. The van der Waals surface area contributed by atoms with E-state index in [-0.39, 0.29) is 5.56 Å². The lowest BCUT2D eigenvalue weighted by atomic mass is 10.0. The van der Waals surface area contributed by atoms with E-state index in [1.807, 2.05) is 6.07 Å². The van der Waals surface area contributed by atoms with Crippen LogP contribution in [0.25, 0.3) is 0 Å². The summed E-state index contributed by atoms with van der Waals surface area (Å²) in [7, 11) is 0. The molecule has 3 rings (SSSR count). The van der Waals surface area contributed by atoms with Gasteiger partial charge in [-0.3, -0.25) is 4.79 Å². The fourth-order valence-electron chi connectivity index (χ4n) is 3.01. The Bertz CT molecular complexity index is 1010.